The highest BCUT2D eigenvalue weighted by molar-refractivity contribution is 5.22. The van der Waals surface area contributed by atoms with Gasteiger partial charge in [-0.1, -0.05) is 35.0 Å². The van der Waals surface area contributed by atoms with Crippen LogP contribution in [-0.2, 0) is 19.4 Å². The minimum absolute atomic E-state index is 0.0457. The number of nitrogens with zero attached hydrogens (tertiary/aromatic N) is 3. The Balaban J connectivity index is 2.14. The van der Waals surface area contributed by atoms with Gasteiger partial charge in [0.1, 0.15) is 5.69 Å². The van der Waals surface area contributed by atoms with Crippen molar-refractivity contribution in [3.05, 3.63) is 46.8 Å². The maximum absolute atomic E-state index is 9.33. The SMILES string of the molecule is Cc1ccc(CCc2c(CO)nnn2C(C)C)cc1. The predicted octanol–water partition coefficient (Wildman–Crippen LogP) is 2.44. The summed E-state index contributed by atoms with van der Waals surface area (Å²) >= 11 is 0. The molecule has 102 valence electrons. The van der Waals surface area contributed by atoms with Gasteiger partial charge >= 0.3 is 0 Å². The molecule has 0 aliphatic carbocycles. The molecule has 4 heteroatoms. The molecule has 0 aliphatic rings. The van der Waals surface area contributed by atoms with Gasteiger partial charge in [0, 0.05) is 6.04 Å². The number of benzene rings is 1. The summed E-state index contributed by atoms with van der Waals surface area (Å²) in [6.07, 6.45) is 1.79. The van der Waals surface area contributed by atoms with E-state index in [1.807, 2.05) is 4.68 Å². The average molecular weight is 259 g/mol. The van der Waals surface area contributed by atoms with Crippen LogP contribution < -0.4 is 0 Å². The first-order valence-electron chi connectivity index (χ1n) is 6.71. The van der Waals surface area contributed by atoms with E-state index in [1.54, 1.807) is 0 Å². The van der Waals surface area contributed by atoms with Gasteiger partial charge in [-0.05, 0) is 39.2 Å². The summed E-state index contributed by atoms with van der Waals surface area (Å²) in [5.74, 6) is 0. The molecule has 0 aliphatic heterocycles. The number of aliphatic hydroxyl groups excluding tert-OH is 1. The second-order valence-electron chi connectivity index (χ2n) is 5.16. The molecule has 19 heavy (non-hydrogen) atoms. The van der Waals surface area contributed by atoms with E-state index in [-0.39, 0.29) is 12.6 Å². The molecule has 0 fully saturated rings. The van der Waals surface area contributed by atoms with E-state index in [4.69, 9.17) is 0 Å². The molecule has 0 bridgehead atoms. The van der Waals surface area contributed by atoms with E-state index in [2.05, 4.69) is 55.3 Å². The summed E-state index contributed by atoms with van der Waals surface area (Å²) in [4.78, 5) is 0. The summed E-state index contributed by atoms with van der Waals surface area (Å²) in [6, 6.07) is 8.82. The zero-order valence-corrected chi connectivity index (χ0v) is 11.8. The highest BCUT2D eigenvalue weighted by atomic mass is 16.3. The van der Waals surface area contributed by atoms with Crippen LogP contribution in [0.2, 0.25) is 0 Å². The third-order valence-corrected chi connectivity index (χ3v) is 3.28. The Kier molecular flexibility index (Phi) is 4.32. The first-order chi connectivity index (χ1) is 9.11. The Labute approximate surface area is 114 Å². The number of hydrogen-bond acceptors (Lipinski definition) is 3. The normalized spacial score (nSPS) is 11.2. The van der Waals surface area contributed by atoms with Crippen LogP contribution in [0.15, 0.2) is 24.3 Å². The van der Waals surface area contributed by atoms with E-state index in [0.717, 1.165) is 18.5 Å². The molecule has 0 spiro atoms. The van der Waals surface area contributed by atoms with E-state index in [0.29, 0.717) is 5.69 Å². The van der Waals surface area contributed by atoms with Gasteiger partial charge in [-0.15, -0.1) is 5.10 Å². The van der Waals surface area contributed by atoms with Crippen LogP contribution >= 0.6 is 0 Å². The molecule has 0 amide bonds. The fourth-order valence-corrected chi connectivity index (χ4v) is 2.16. The minimum Gasteiger partial charge on any atom is -0.390 e. The zero-order chi connectivity index (χ0) is 13.8. The lowest BCUT2D eigenvalue weighted by atomic mass is 10.1. The summed E-state index contributed by atoms with van der Waals surface area (Å²) < 4.78 is 1.90. The molecule has 0 unspecified atom stereocenters. The summed E-state index contributed by atoms with van der Waals surface area (Å²) in [6.45, 7) is 6.19. The fraction of sp³-hybridized carbons (Fsp3) is 0.467. The molecule has 0 radical (unpaired) electrons. The molecule has 0 saturated heterocycles. The van der Waals surface area contributed by atoms with Crippen molar-refractivity contribution in [3.8, 4) is 0 Å². The monoisotopic (exact) mass is 259 g/mol. The number of aliphatic hydroxyl groups is 1. The molecule has 2 aromatic rings. The molecule has 2 rings (SSSR count). The summed E-state index contributed by atoms with van der Waals surface area (Å²) in [7, 11) is 0. The second-order valence-corrected chi connectivity index (χ2v) is 5.16. The standard InChI is InChI=1S/C15H21N3O/c1-11(2)18-15(14(10-19)16-17-18)9-8-13-6-4-12(3)5-7-13/h4-7,11,19H,8-10H2,1-3H3. The van der Waals surface area contributed by atoms with Crippen molar-refractivity contribution >= 4 is 0 Å². The van der Waals surface area contributed by atoms with Gasteiger partial charge in [0.25, 0.3) is 0 Å². The van der Waals surface area contributed by atoms with Crippen LogP contribution in [0.4, 0.5) is 0 Å². The van der Waals surface area contributed by atoms with Crippen molar-refractivity contribution in [1.29, 1.82) is 0 Å². The number of aromatic nitrogens is 3. The van der Waals surface area contributed by atoms with Gasteiger partial charge in [0.15, 0.2) is 0 Å². The van der Waals surface area contributed by atoms with Crippen molar-refractivity contribution < 1.29 is 5.11 Å². The average Bonchev–Trinajstić information content (AvgIpc) is 2.81. The molecule has 1 N–H and O–H groups in total. The van der Waals surface area contributed by atoms with Crippen molar-refractivity contribution in [2.45, 2.75) is 46.3 Å². The molecule has 0 saturated carbocycles. The quantitative estimate of drug-likeness (QED) is 0.897. The third-order valence-electron chi connectivity index (χ3n) is 3.28. The van der Waals surface area contributed by atoms with Gasteiger partial charge in [-0.2, -0.15) is 0 Å². The topological polar surface area (TPSA) is 50.9 Å². The van der Waals surface area contributed by atoms with Crippen molar-refractivity contribution in [3.63, 3.8) is 0 Å². The Morgan fingerprint density at radius 3 is 2.42 bits per heavy atom. The first-order valence-corrected chi connectivity index (χ1v) is 6.71. The second kappa shape index (κ2) is 5.97. The van der Waals surface area contributed by atoms with Gasteiger partial charge in [0.2, 0.25) is 0 Å². The number of hydrogen-bond donors (Lipinski definition) is 1. The molecular formula is C15H21N3O. The van der Waals surface area contributed by atoms with Crippen molar-refractivity contribution in [2.75, 3.05) is 0 Å². The lowest BCUT2D eigenvalue weighted by molar-refractivity contribution is 0.275. The van der Waals surface area contributed by atoms with Crippen LogP contribution in [0.25, 0.3) is 0 Å². The number of aryl methyl sites for hydroxylation is 2. The minimum atomic E-state index is -0.0457. The highest BCUT2D eigenvalue weighted by Gasteiger charge is 2.14. The maximum atomic E-state index is 9.33. The Morgan fingerprint density at radius 1 is 1.16 bits per heavy atom. The lowest BCUT2D eigenvalue weighted by Crippen LogP contribution is -2.09. The van der Waals surface area contributed by atoms with Gasteiger partial charge in [-0.3, -0.25) is 0 Å². The molecule has 0 atom stereocenters. The molecule has 1 aromatic carbocycles. The molecular weight excluding hydrogens is 238 g/mol. The predicted molar refractivity (Wildman–Crippen MR) is 74.9 cm³/mol. The van der Waals surface area contributed by atoms with Crippen molar-refractivity contribution in [1.82, 2.24) is 15.0 Å². The van der Waals surface area contributed by atoms with E-state index in [9.17, 15) is 5.11 Å². The van der Waals surface area contributed by atoms with Crippen LogP contribution in [0.5, 0.6) is 0 Å². The summed E-state index contributed by atoms with van der Waals surface area (Å²) in [5.41, 5.74) is 4.30. The van der Waals surface area contributed by atoms with Crippen LogP contribution in [0.1, 0.15) is 42.4 Å². The molecule has 1 heterocycles. The van der Waals surface area contributed by atoms with E-state index < -0.39 is 0 Å². The van der Waals surface area contributed by atoms with Gasteiger partial charge < -0.3 is 5.11 Å². The molecule has 4 nitrogen and oxygen atoms in total. The highest BCUT2D eigenvalue weighted by Crippen LogP contribution is 2.15. The smallest absolute Gasteiger partial charge is 0.111 e. The van der Waals surface area contributed by atoms with Gasteiger partial charge in [0.05, 0.1) is 12.3 Å². The molecule has 1 aromatic heterocycles. The van der Waals surface area contributed by atoms with Gasteiger partial charge in [-0.25, -0.2) is 4.68 Å². The van der Waals surface area contributed by atoms with E-state index in [1.165, 1.54) is 11.1 Å². The van der Waals surface area contributed by atoms with Crippen LogP contribution in [0.3, 0.4) is 0 Å². The van der Waals surface area contributed by atoms with Crippen LogP contribution in [-0.4, -0.2) is 20.1 Å². The number of rotatable bonds is 5. The Morgan fingerprint density at radius 2 is 1.84 bits per heavy atom. The lowest BCUT2D eigenvalue weighted by Gasteiger charge is -2.10. The summed E-state index contributed by atoms with van der Waals surface area (Å²) in [5, 5.41) is 17.5. The van der Waals surface area contributed by atoms with Crippen molar-refractivity contribution in [2.24, 2.45) is 0 Å². The van der Waals surface area contributed by atoms with E-state index >= 15 is 0 Å². The third kappa shape index (κ3) is 3.20. The largest absolute Gasteiger partial charge is 0.390 e. The first kappa shape index (κ1) is 13.7. The zero-order valence-electron chi connectivity index (χ0n) is 11.8. The fourth-order valence-electron chi connectivity index (χ4n) is 2.16. The maximum Gasteiger partial charge on any atom is 0.111 e. The van der Waals surface area contributed by atoms with Crippen LogP contribution in [0, 0.1) is 6.92 Å². The Bertz CT molecular complexity index is 529. The Hall–Kier alpha value is -1.68.